The van der Waals surface area contributed by atoms with Gasteiger partial charge in [-0.15, -0.1) is 11.3 Å². The minimum Gasteiger partial charge on any atom is -0.487 e. The van der Waals surface area contributed by atoms with Crippen LogP contribution in [0.5, 0.6) is 5.75 Å². The second-order valence-electron chi connectivity index (χ2n) is 4.87. The third-order valence-corrected chi connectivity index (χ3v) is 4.11. The maximum absolute atomic E-state index is 10.7. The van der Waals surface area contributed by atoms with Gasteiger partial charge in [0.25, 0.3) is 5.69 Å². The summed E-state index contributed by atoms with van der Waals surface area (Å²) in [6.07, 6.45) is 0. The van der Waals surface area contributed by atoms with Crippen molar-refractivity contribution in [3.8, 4) is 5.75 Å². The Labute approximate surface area is 126 Å². The number of thiazole rings is 1. The molecule has 7 heteroatoms. The normalized spacial score (nSPS) is 10.9. The predicted octanol–water partition coefficient (Wildman–Crippen LogP) is 3.21. The number of nitro benzene ring substituents is 1. The van der Waals surface area contributed by atoms with Crippen molar-refractivity contribution in [1.82, 2.24) is 4.98 Å². The van der Waals surface area contributed by atoms with E-state index >= 15 is 0 Å². The van der Waals surface area contributed by atoms with Crippen molar-refractivity contribution in [3.05, 3.63) is 50.0 Å². The Kier molecular flexibility index (Phi) is 4.87. The Hall–Kier alpha value is -1.99. The standard InChI is InChI=1S/C14H17N3O3S/c1-9(2)14-16-11(8-21-14)7-20-13-4-3-12(17(18)19)5-10(13)6-15/h3-5,8-9H,6-7,15H2,1-2H3. The Bertz CT molecular complexity index is 640. The van der Waals surface area contributed by atoms with Crippen LogP contribution in [0.2, 0.25) is 0 Å². The molecule has 0 atom stereocenters. The first-order chi connectivity index (χ1) is 10.0. The second-order valence-corrected chi connectivity index (χ2v) is 5.76. The van der Waals surface area contributed by atoms with Gasteiger partial charge in [0.15, 0.2) is 0 Å². The van der Waals surface area contributed by atoms with E-state index in [1.54, 1.807) is 17.4 Å². The summed E-state index contributed by atoms with van der Waals surface area (Å²) in [5.74, 6) is 0.949. The molecule has 1 heterocycles. The fourth-order valence-electron chi connectivity index (χ4n) is 1.79. The van der Waals surface area contributed by atoms with Crippen molar-refractivity contribution in [2.24, 2.45) is 5.73 Å². The Morgan fingerprint density at radius 1 is 1.48 bits per heavy atom. The maximum Gasteiger partial charge on any atom is 0.270 e. The molecule has 0 spiro atoms. The molecule has 0 aliphatic rings. The van der Waals surface area contributed by atoms with Gasteiger partial charge in [-0.3, -0.25) is 10.1 Å². The van der Waals surface area contributed by atoms with Crippen LogP contribution < -0.4 is 10.5 Å². The lowest BCUT2D eigenvalue weighted by Crippen LogP contribution is -2.04. The van der Waals surface area contributed by atoms with Crippen molar-refractivity contribution in [1.29, 1.82) is 0 Å². The minimum atomic E-state index is -0.446. The number of aromatic nitrogens is 1. The lowest BCUT2D eigenvalue weighted by atomic mass is 10.2. The number of nitro groups is 1. The molecule has 112 valence electrons. The maximum atomic E-state index is 10.7. The molecule has 6 nitrogen and oxygen atoms in total. The van der Waals surface area contributed by atoms with Crippen LogP contribution in [0.25, 0.3) is 0 Å². The zero-order chi connectivity index (χ0) is 15.4. The first-order valence-corrected chi connectivity index (χ1v) is 7.43. The van der Waals surface area contributed by atoms with Crippen LogP contribution in [-0.2, 0) is 13.2 Å². The molecule has 0 aliphatic heterocycles. The highest BCUT2D eigenvalue weighted by atomic mass is 32.1. The van der Waals surface area contributed by atoms with Gasteiger partial charge in [-0.25, -0.2) is 4.98 Å². The van der Waals surface area contributed by atoms with E-state index in [0.29, 0.717) is 23.8 Å². The van der Waals surface area contributed by atoms with Crippen LogP contribution in [0, 0.1) is 10.1 Å². The molecule has 1 aromatic heterocycles. The molecule has 21 heavy (non-hydrogen) atoms. The molecule has 2 rings (SSSR count). The second kappa shape index (κ2) is 6.64. The number of nitrogens with two attached hydrogens (primary N) is 1. The average Bonchev–Trinajstić information content (AvgIpc) is 2.93. The molecule has 0 unspecified atom stereocenters. The van der Waals surface area contributed by atoms with Gasteiger partial charge in [0.2, 0.25) is 0 Å². The quantitative estimate of drug-likeness (QED) is 0.653. The van der Waals surface area contributed by atoms with Gasteiger partial charge in [0.05, 0.1) is 15.6 Å². The van der Waals surface area contributed by atoms with E-state index in [1.807, 2.05) is 5.38 Å². The summed E-state index contributed by atoms with van der Waals surface area (Å²) in [5, 5.41) is 13.8. The molecule has 2 aromatic rings. The van der Waals surface area contributed by atoms with Crippen molar-refractivity contribution in [3.63, 3.8) is 0 Å². The number of hydrogen-bond acceptors (Lipinski definition) is 6. The van der Waals surface area contributed by atoms with E-state index in [9.17, 15) is 10.1 Å². The summed E-state index contributed by atoms with van der Waals surface area (Å²) in [6.45, 7) is 4.69. The summed E-state index contributed by atoms with van der Waals surface area (Å²) < 4.78 is 5.68. The number of ether oxygens (including phenoxy) is 1. The van der Waals surface area contributed by atoms with E-state index in [-0.39, 0.29) is 12.2 Å². The summed E-state index contributed by atoms with van der Waals surface area (Å²) >= 11 is 1.60. The zero-order valence-corrected chi connectivity index (χ0v) is 12.7. The van der Waals surface area contributed by atoms with E-state index in [1.165, 1.54) is 12.1 Å². The molecular weight excluding hydrogens is 290 g/mol. The van der Waals surface area contributed by atoms with Crippen molar-refractivity contribution in [2.75, 3.05) is 0 Å². The highest BCUT2D eigenvalue weighted by Gasteiger charge is 2.12. The fourth-order valence-corrected chi connectivity index (χ4v) is 2.61. The Morgan fingerprint density at radius 2 is 2.24 bits per heavy atom. The van der Waals surface area contributed by atoms with Gasteiger partial charge in [0.1, 0.15) is 12.4 Å². The highest BCUT2D eigenvalue weighted by molar-refractivity contribution is 7.09. The molecule has 0 amide bonds. The number of rotatable bonds is 6. The van der Waals surface area contributed by atoms with Crippen LogP contribution in [0.1, 0.15) is 36.0 Å². The topological polar surface area (TPSA) is 91.3 Å². The zero-order valence-electron chi connectivity index (χ0n) is 11.9. The predicted molar refractivity (Wildman–Crippen MR) is 81.5 cm³/mol. The van der Waals surface area contributed by atoms with E-state index in [4.69, 9.17) is 10.5 Å². The van der Waals surface area contributed by atoms with Crippen LogP contribution >= 0.6 is 11.3 Å². The first kappa shape index (κ1) is 15.4. The fraction of sp³-hybridized carbons (Fsp3) is 0.357. The molecule has 0 aliphatic carbocycles. The lowest BCUT2D eigenvalue weighted by molar-refractivity contribution is -0.384. The van der Waals surface area contributed by atoms with Gasteiger partial charge in [-0.2, -0.15) is 0 Å². The molecule has 1 aromatic carbocycles. The number of nitrogens with zero attached hydrogens (tertiary/aromatic N) is 2. The monoisotopic (exact) mass is 307 g/mol. The molecular formula is C14H17N3O3S. The van der Waals surface area contributed by atoms with Gasteiger partial charge in [-0.1, -0.05) is 13.8 Å². The van der Waals surface area contributed by atoms with Crippen LogP contribution in [0.4, 0.5) is 5.69 Å². The van der Waals surface area contributed by atoms with E-state index in [0.717, 1.165) is 10.7 Å². The number of hydrogen-bond donors (Lipinski definition) is 1. The SMILES string of the molecule is CC(C)c1nc(COc2ccc([N+](=O)[O-])cc2CN)cs1. The summed E-state index contributed by atoms with van der Waals surface area (Å²) in [6, 6.07) is 4.43. The van der Waals surface area contributed by atoms with Crippen LogP contribution in [0.15, 0.2) is 23.6 Å². The van der Waals surface area contributed by atoms with Gasteiger partial charge < -0.3 is 10.5 Å². The molecule has 0 saturated heterocycles. The molecule has 0 bridgehead atoms. The van der Waals surface area contributed by atoms with Crippen molar-refractivity contribution >= 4 is 17.0 Å². The molecule has 0 radical (unpaired) electrons. The third-order valence-electron chi connectivity index (χ3n) is 2.91. The lowest BCUT2D eigenvalue weighted by Gasteiger charge is -2.09. The smallest absolute Gasteiger partial charge is 0.270 e. The number of non-ortho nitro benzene ring substituents is 1. The van der Waals surface area contributed by atoms with Gasteiger partial charge in [-0.05, 0) is 6.07 Å². The van der Waals surface area contributed by atoms with Crippen LogP contribution in [-0.4, -0.2) is 9.91 Å². The number of benzene rings is 1. The van der Waals surface area contributed by atoms with Crippen LogP contribution in [0.3, 0.4) is 0 Å². The molecule has 2 N–H and O–H groups in total. The average molecular weight is 307 g/mol. The largest absolute Gasteiger partial charge is 0.487 e. The van der Waals surface area contributed by atoms with Crippen molar-refractivity contribution < 1.29 is 9.66 Å². The summed E-state index contributed by atoms with van der Waals surface area (Å²) in [7, 11) is 0. The van der Waals surface area contributed by atoms with E-state index in [2.05, 4.69) is 18.8 Å². The minimum absolute atomic E-state index is 0.0125. The summed E-state index contributed by atoms with van der Waals surface area (Å²) in [5.41, 5.74) is 7.10. The first-order valence-electron chi connectivity index (χ1n) is 6.55. The summed E-state index contributed by atoms with van der Waals surface area (Å²) in [4.78, 5) is 14.8. The Morgan fingerprint density at radius 3 is 2.81 bits per heavy atom. The molecule has 0 saturated carbocycles. The van der Waals surface area contributed by atoms with Gasteiger partial charge >= 0.3 is 0 Å². The highest BCUT2D eigenvalue weighted by Crippen LogP contribution is 2.25. The van der Waals surface area contributed by atoms with Crippen molar-refractivity contribution in [2.45, 2.75) is 32.9 Å². The Balaban J connectivity index is 2.10. The molecule has 0 fully saturated rings. The van der Waals surface area contributed by atoms with Gasteiger partial charge in [0, 0.05) is 35.5 Å². The van der Waals surface area contributed by atoms with E-state index < -0.39 is 4.92 Å². The third kappa shape index (κ3) is 3.77.